The summed E-state index contributed by atoms with van der Waals surface area (Å²) < 4.78 is 4.61. The molecular weight excluding hydrogens is 290 g/mol. The molecule has 0 saturated heterocycles. The van der Waals surface area contributed by atoms with E-state index in [0.29, 0.717) is 16.4 Å². The molecule has 0 aliphatic heterocycles. The first-order valence-electron chi connectivity index (χ1n) is 5.92. The minimum Gasteiger partial charge on any atom is -0.464 e. The third kappa shape index (κ3) is 3.24. The van der Waals surface area contributed by atoms with Gasteiger partial charge in [0.05, 0.1) is 18.7 Å². The van der Waals surface area contributed by atoms with Crippen LogP contribution in [0.15, 0.2) is 24.3 Å². The molecule has 0 fully saturated rings. The maximum absolute atomic E-state index is 11.6. The number of esters is 1. The number of benzene rings is 1. The summed E-state index contributed by atoms with van der Waals surface area (Å²) in [4.78, 5) is 27.5. The smallest absolute Gasteiger partial charge is 0.358 e. The van der Waals surface area contributed by atoms with E-state index in [2.05, 4.69) is 15.0 Å². The van der Waals surface area contributed by atoms with Crippen molar-refractivity contribution in [3.8, 4) is 6.07 Å². The summed E-state index contributed by atoms with van der Waals surface area (Å²) >= 11 is 1.08. The molecule has 0 spiro atoms. The highest BCUT2D eigenvalue weighted by atomic mass is 32.1. The van der Waals surface area contributed by atoms with Crippen LogP contribution in [0.25, 0.3) is 0 Å². The minimum atomic E-state index is -0.649. The number of methoxy groups -OCH3 is 1. The molecule has 0 aliphatic carbocycles. The Morgan fingerprint density at radius 3 is 2.52 bits per heavy atom. The summed E-state index contributed by atoms with van der Waals surface area (Å²) in [5.74, 6) is -0.898. The highest BCUT2D eigenvalue weighted by Crippen LogP contribution is 2.27. The van der Waals surface area contributed by atoms with E-state index in [4.69, 9.17) is 5.26 Å². The van der Waals surface area contributed by atoms with Crippen molar-refractivity contribution in [2.75, 3.05) is 12.4 Å². The number of hydrogen-bond donors (Lipinski definition) is 1. The monoisotopic (exact) mass is 301 g/mol. The van der Waals surface area contributed by atoms with Crippen molar-refractivity contribution in [3.63, 3.8) is 0 Å². The van der Waals surface area contributed by atoms with Gasteiger partial charge in [0.15, 0.2) is 16.6 Å². The molecule has 21 heavy (non-hydrogen) atoms. The maximum Gasteiger partial charge on any atom is 0.358 e. The molecule has 106 valence electrons. The largest absolute Gasteiger partial charge is 0.464 e. The third-order valence-corrected chi connectivity index (χ3v) is 3.66. The number of carbonyl (C=O) groups is 2. The van der Waals surface area contributed by atoms with Crippen molar-refractivity contribution in [3.05, 3.63) is 40.4 Å². The molecular formula is C14H11N3O3S. The van der Waals surface area contributed by atoms with Gasteiger partial charge in [0.1, 0.15) is 4.88 Å². The second kappa shape index (κ2) is 6.15. The number of ketones is 1. The van der Waals surface area contributed by atoms with Gasteiger partial charge in [-0.15, -0.1) is 0 Å². The molecule has 1 aromatic heterocycles. The zero-order chi connectivity index (χ0) is 15.4. The lowest BCUT2D eigenvalue weighted by Crippen LogP contribution is -2.07. The van der Waals surface area contributed by atoms with Gasteiger partial charge < -0.3 is 10.1 Å². The van der Waals surface area contributed by atoms with Crippen molar-refractivity contribution in [1.29, 1.82) is 5.26 Å². The van der Waals surface area contributed by atoms with Gasteiger partial charge in [-0.1, -0.05) is 11.3 Å². The predicted octanol–water partition coefficient (Wildman–Crippen LogP) is 2.75. The summed E-state index contributed by atoms with van der Waals surface area (Å²) in [6.07, 6.45) is 0. The first-order valence-corrected chi connectivity index (χ1v) is 6.74. The van der Waals surface area contributed by atoms with Gasteiger partial charge >= 0.3 is 5.97 Å². The summed E-state index contributed by atoms with van der Waals surface area (Å²) in [6.45, 7) is 1.37. The topological polar surface area (TPSA) is 92.1 Å². The number of thiazole rings is 1. The van der Waals surface area contributed by atoms with Crippen LogP contribution in [0.5, 0.6) is 0 Å². The first-order chi connectivity index (χ1) is 10.0. The molecule has 0 radical (unpaired) electrons. The number of anilines is 2. The number of rotatable bonds is 4. The molecule has 2 rings (SSSR count). The summed E-state index contributed by atoms with van der Waals surface area (Å²) in [6, 6.07) is 8.76. The van der Waals surface area contributed by atoms with E-state index in [9.17, 15) is 9.59 Å². The molecule has 7 heteroatoms. The molecule has 0 unspecified atom stereocenters. The van der Waals surface area contributed by atoms with Crippen LogP contribution < -0.4 is 5.32 Å². The van der Waals surface area contributed by atoms with E-state index < -0.39 is 5.97 Å². The molecule has 1 N–H and O–H groups in total. The van der Waals surface area contributed by atoms with Gasteiger partial charge in [0, 0.05) is 12.6 Å². The average molecular weight is 301 g/mol. The Morgan fingerprint density at radius 2 is 2.00 bits per heavy atom. The van der Waals surface area contributed by atoms with E-state index >= 15 is 0 Å². The highest BCUT2D eigenvalue weighted by Gasteiger charge is 2.21. The molecule has 2 aromatic rings. The highest BCUT2D eigenvalue weighted by molar-refractivity contribution is 7.17. The minimum absolute atomic E-state index is 0.00569. The SMILES string of the molecule is COC(=O)c1nc(Nc2ccc(C#N)cc2)sc1C(C)=O. The lowest BCUT2D eigenvalue weighted by Gasteiger charge is -2.01. The number of aromatic nitrogens is 1. The van der Waals surface area contributed by atoms with Gasteiger partial charge in [-0.3, -0.25) is 4.79 Å². The molecule has 0 amide bonds. The van der Waals surface area contributed by atoms with E-state index in [-0.39, 0.29) is 16.4 Å². The van der Waals surface area contributed by atoms with E-state index in [1.807, 2.05) is 6.07 Å². The molecule has 1 aromatic carbocycles. The van der Waals surface area contributed by atoms with Gasteiger partial charge in [-0.25, -0.2) is 9.78 Å². The van der Waals surface area contributed by atoms with E-state index in [0.717, 1.165) is 11.3 Å². The summed E-state index contributed by atoms with van der Waals surface area (Å²) in [5.41, 5.74) is 1.25. The predicted molar refractivity (Wildman–Crippen MR) is 77.9 cm³/mol. The number of nitrogens with one attached hydrogen (secondary N) is 1. The second-order valence-electron chi connectivity index (χ2n) is 4.06. The lowest BCUT2D eigenvalue weighted by molar-refractivity contribution is 0.0591. The average Bonchev–Trinajstić information content (AvgIpc) is 2.91. The molecule has 0 bridgehead atoms. The Labute approximate surface area is 125 Å². The van der Waals surface area contributed by atoms with Gasteiger partial charge in [-0.05, 0) is 24.3 Å². The van der Waals surface area contributed by atoms with Crippen LogP contribution in [-0.4, -0.2) is 23.8 Å². The van der Waals surface area contributed by atoms with Crippen molar-refractivity contribution in [1.82, 2.24) is 4.98 Å². The fourth-order valence-corrected chi connectivity index (χ4v) is 2.47. The molecule has 0 saturated carbocycles. The van der Waals surface area contributed by atoms with Crippen LogP contribution in [0.1, 0.15) is 32.6 Å². The number of Topliss-reactive ketones (excluding diaryl/α,β-unsaturated/α-hetero) is 1. The van der Waals surface area contributed by atoms with Crippen molar-refractivity contribution >= 4 is 33.9 Å². The van der Waals surface area contributed by atoms with Crippen LogP contribution in [0.3, 0.4) is 0 Å². The molecule has 1 heterocycles. The van der Waals surface area contributed by atoms with Gasteiger partial charge in [0.25, 0.3) is 0 Å². The van der Waals surface area contributed by atoms with Crippen molar-refractivity contribution < 1.29 is 14.3 Å². The fourth-order valence-electron chi connectivity index (χ4n) is 1.60. The molecule has 0 atom stereocenters. The number of nitriles is 1. The van der Waals surface area contributed by atoms with E-state index in [1.165, 1.54) is 14.0 Å². The van der Waals surface area contributed by atoms with Crippen molar-refractivity contribution in [2.24, 2.45) is 0 Å². The van der Waals surface area contributed by atoms with Crippen LogP contribution in [0, 0.1) is 11.3 Å². The number of hydrogen-bond acceptors (Lipinski definition) is 7. The lowest BCUT2D eigenvalue weighted by atomic mass is 10.2. The van der Waals surface area contributed by atoms with Gasteiger partial charge in [-0.2, -0.15) is 5.26 Å². The van der Waals surface area contributed by atoms with Crippen LogP contribution in [0.2, 0.25) is 0 Å². The van der Waals surface area contributed by atoms with E-state index in [1.54, 1.807) is 24.3 Å². The normalized spacial score (nSPS) is 9.76. The summed E-state index contributed by atoms with van der Waals surface area (Å²) in [5, 5.41) is 12.1. The summed E-state index contributed by atoms with van der Waals surface area (Å²) in [7, 11) is 1.24. The van der Waals surface area contributed by atoms with Gasteiger partial charge in [0.2, 0.25) is 0 Å². The number of ether oxygens (including phenoxy) is 1. The maximum atomic E-state index is 11.6. The quantitative estimate of drug-likeness (QED) is 0.689. The fraction of sp³-hybridized carbons (Fsp3) is 0.143. The van der Waals surface area contributed by atoms with Crippen LogP contribution >= 0.6 is 11.3 Å². The Balaban J connectivity index is 2.30. The second-order valence-corrected chi connectivity index (χ2v) is 5.06. The number of nitrogens with zero attached hydrogens (tertiary/aromatic N) is 2. The first kappa shape index (κ1) is 14.7. The third-order valence-electron chi connectivity index (χ3n) is 2.59. The zero-order valence-corrected chi connectivity index (χ0v) is 12.2. The Bertz CT molecular complexity index is 729. The number of carbonyl (C=O) groups excluding carboxylic acids is 2. The zero-order valence-electron chi connectivity index (χ0n) is 11.3. The standard InChI is InChI=1S/C14H11N3O3S/c1-8(18)12-11(13(19)20-2)17-14(21-12)16-10-5-3-9(7-15)4-6-10/h3-6H,1-2H3,(H,16,17). The van der Waals surface area contributed by atoms with Crippen LogP contribution in [-0.2, 0) is 4.74 Å². The van der Waals surface area contributed by atoms with Crippen LogP contribution in [0.4, 0.5) is 10.8 Å². The Hall–Kier alpha value is -2.72. The molecule has 0 aliphatic rings. The molecule has 6 nitrogen and oxygen atoms in total. The Kier molecular flexibility index (Phi) is 4.30. The van der Waals surface area contributed by atoms with Crippen molar-refractivity contribution in [2.45, 2.75) is 6.92 Å². The Morgan fingerprint density at radius 1 is 1.33 bits per heavy atom.